The lowest BCUT2D eigenvalue weighted by Crippen LogP contribution is -2.06. The third-order valence-electron chi connectivity index (χ3n) is 3.20. The highest BCUT2D eigenvalue weighted by atomic mass is 79.9. The Morgan fingerprint density at radius 3 is 2.71 bits per heavy atom. The van der Waals surface area contributed by atoms with Gasteiger partial charge in [-0.05, 0) is 41.8 Å². The zero-order chi connectivity index (χ0) is 15.0. The molecule has 1 N–H and O–H groups in total. The van der Waals surface area contributed by atoms with Gasteiger partial charge in [0.15, 0.2) is 5.82 Å². The second-order valence-corrected chi connectivity index (χ2v) is 6.52. The Bertz CT molecular complexity index is 689. The van der Waals surface area contributed by atoms with Gasteiger partial charge in [0.25, 0.3) is 0 Å². The minimum atomic E-state index is 0.453. The molecule has 0 bridgehead atoms. The van der Waals surface area contributed by atoms with Gasteiger partial charge in [-0.15, -0.1) is 0 Å². The molecule has 0 aliphatic heterocycles. The predicted octanol–water partition coefficient (Wildman–Crippen LogP) is 4.92. The second-order valence-electron chi connectivity index (χ2n) is 4.88. The van der Waals surface area contributed by atoms with Crippen LogP contribution in [0.4, 0.5) is 5.82 Å². The smallest absolute Gasteiger partial charge is 0.182 e. The Hall–Kier alpha value is -0.910. The first-order valence-electron chi connectivity index (χ1n) is 6.73. The number of anilines is 1. The highest BCUT2D eigenvalue weighted by molar-refractivity contribution is 9.10. The molecule has 1 aliphatic rings. The quantitative estimate of drug-likeness (QED) is 0.808. The molecule has 4 nitrogen and oxygen atoms in total. The topological polar surface area (TPSA) is 50.7 Å². The van der Waals surface area contributed by atoms with Gasteiger partial charge in [-0.2, -0.15) is 0 Å². The van der Waals surface area contributed by atoms with Crippen LogP contribution >= 0.6 is 39.1 Å². The van der Waals surface area contributed by atoms with E-state index in [1.807, 2.05) is 6.92 Å². The van der Waals surface area contributed by atoms with E-state index in [1.54, 1.807) is 12.3 Å². The van der Waals surface area contributed by atoms with Crippen molar-refractivity contribution in [1.82, 2.24) is 15.0 Å². The molecule has 0 atom stereocenters. The number of hydrogen-bond acceptors (Lipinski definition) is 4. The van der Waals surface area contributed by atoms with Crippen molar-refractivity contribution in [2.45, 2.75) is 25.7 Å². The highest BCUT2D eigenvalue weighted by Crippen LogP contribution is 2.44. The Labute approximate surface area is 141 Å². The summed E-state index contributed by atoms with van der Waals surface area (Å²) in [5.74, 6) is 1.79. The fraction of sp³-hybridized carbons (Fsp3) is 0.357. The zero-order valence-corrected chi connectivity index (χ0v) is 14.4. The molecule has 0 saturated heterocycles. The molecule has 2 aromatic heterocycles. The van der Waals surface area contributed by atoms with Gasteiger partial charge in [-0.25, -0.2) is 15.0 Å². The van der Waals surface area contributed by atoms with Gasteiger partial charge >= 0.3 is 0 Å². The highest BCUT2D eigenvalue weighted by Gasteiger charge is 2.30. The summed E-state index contributed by atoms with van der Waals surface area (Å²) in [6.07, 6.45) is 3.86. The summed E-state index contributed by atoms with van der Waals surface area (Å²) in [6.45, 7) is 2.81. The van der Waals surface area contributed by atoms with Gasteiger partial charge in [0.1, 0.15) is 11.5 Å². The molecule has 21 heavy (non-hydrogen) atoms. The van der Waals surface area contributed by atoms with Crippen LogP contribution in [0.5, 0.6) is 0 Å². The summed E-state index contributed by atoms with van der Waals surface area (Å²) in [5, 5.41) is 4.19. The Balaban J connectivity index is 2.13. The third-order valence-corrected chi connectivity index (χ3v) is 4.48. The van der Waals surface area contributed by atoms with Crippen molar-refractivity contribution >= 4 is 44.9 Å². The molecule has 1 aliphatic carbocycles. The van der Waals surface area contributed by atoms with E-state index in [-0.39, 0.29) is 0 Å². The maximum atomic E-state index is 6.22. The summed E-state index contributed by atoms with van der Waals surface area (Å²) >= 11 is 15.7. The Morgan fingerprint density at radius 1 is 1.33 bits per heavy atom. The SMILES string of the molecule is CCNc1nc(-c2ncc(Cl)cc2Cl)nc(C2CC2)c1Br. The number of nitrogens with zero attached hydrogens (tertiary/aromatic N) is 3. The van der Waals surface area contributed by atoms with Crippen LogP contribution in [0.25, 0.3) is 11.5 Å². The molecule has 110 valence electrons. The first-order valence-corrected chi connectivity index (χ1v) is 8.27. The van der Waals surface area contributed by atoms with Crippen molar-refractivity contribution in [2.24, 2.45) is 0 Å². The van der Waals surface area contributed by atoms with Crippen molar-refractivity contribution in [2.75, 3.05) is 11.9 Å². The van der Waals surface area contributed by atoms with Gasteiger partial charge in [0, 0.05) is 18.7 Å². The summed E-state index contributed by atoms with van der Waals surface area (Å²) in [7, 11) is 0. The van der Waals surface area contributed by atoms with Gasteiger partial charge in [0.2, 0.25) is 0 Å². The van der Waals surface area contributed by atoms with Crippen molar-refractivity contribution in [3.63, 3.8) is 0 Å². The molecule has 0 radical (unpaired) electrons. The number of rotatable bonds is 4. The average Bonchev–Trinajstić information content (AvgIpc) is 3.26. The lowest BCUT2D eigenvalue weighted by molar-refractivity contribution is 0.968. The van der Waals surface area contributed by atoms with E-state index in [9.17, 15) is 0 Å². The Kier molecular flexibility index (Phi) is 4.33. The van der Waals surface area contributed by atoms with Crippen LogP contribution in [0, 0.1) is 0 Å². The van der Waals surface area contributed by atoms with E-state index in [1.165, 1.54) is 0 Å². The summed E-state index contributed by atoms with van der Waals surface area (Å²) in [5.41, 5.74) is 1.57. The van der Waals surface area contributed by atoms with Gasteiger partial charge in [0.05, 0.1) is 20.2 Å². The molecule has 2 aromatic rings. The number of hydrogen-bond donors (Lipinski definition) is 1. The molecule has 0 unspecified atom stereocenters. The minimum Gasteiger partial charge on any atom is -0.369 e. The van der Waals surface area contributed by atoms with Gasteiger partial charge in [-0.1, -0.05) is 23.2 Å². The number of aromatic nitrogens is 3. The third kappa shape index (κ3) is 3.15. The fourth-order valence-electron chi connectivity index (χ4n) is 2.06. The normalized spacial score (nSPS) is 14.3. The summed E-state index contributed by atoms with van der Waals surface area (Å²) in [6, 6.07) is 1.65. The van der Waals surface area contributed by atoms with E-state index < -0.39 is 0 Å². The fourth-order valence-corrected chi connectivity index (χ4v) is 3.17. The monoisotopic (exact) mass is 386 g/mol. The molecule has 1 saturated carbocycles. The molecule has 3 rings (SSSR count). The Morgan fingerprint density at radius 2 is 2.10 bits per heavy atom. The zero-order valence-electron chi connectivity index (χ0n) is 11.3. The van der Waals surface area contributed by atoms with Crippen LogP contribution in [-0.2, 0) is 0 Å². The number of halogens is 3. The van der Waals surface area contributed by atoms with Crippen molar-refractivity contribution in [1.29, 1.82) is 0 Å². The van der Waals surface area contributed by atoms with E-state index in [2.05, 4.69) is 36.2 Å². The van der Waals surface area contributed by atoms with Crippen LogP contribution in [0.1, 0.15) is 31.4 Å². The lowest BCUT2D eigenvalue weighted by Gasteiger charge is -2.12. The molecule has 1 fully saturated rings. The second kappa shape index (κ2) is 6.07. The first kappa shape index (κ1) is 15.0. The number of pyridine rings is 1. The summed E-state index contributed by atoms with van der Waals surface area (Å²) < 4.78 is 0.931. The van der Waals surface area contributed by atoms with Crippen LogP contribution in [-0.4, -0.2) is 21.5 Å². The molecule has 0 spiro atoms. The van der Waals surface area contributed by atoms with E-state index in [4.69, 9.17) is 23.2 Å². The molecule has 7 heteroatoms. The van der Waals surface area contributed by atoms with Gasteiger partial charge in [-0.3, -0.25) is 0 Å². The van der Waals surface area contributed by atoms with E-state index in [0.717, 1.165) is 35.4 Å². The van der Waals surface area contributed by atoms with Gasteiger partial charge < -0.3 is 5.32 Å². The molecule has 0 aromatic carbocycles. The van der Waals surface area contributed by atoms with Crippen LogP contribution in [0.15, 0.2) is 16.7 Å². The van der Waals surface area contributed by atoms with Crippen LogP contribution in [0.2, 0.25) is 10.0 Å². The maximum Gasteiger partial charge on any atom is 0.182 e. The lowest BCUT2D eigenvalue weighted by atomic mass is 10.2. The number of nitrogens with one attached hydrogen (secondary N) is 1. The predicted molar refractivity (Wildman–Crippen MR) is 89.1 cm³/mol. The summed E-state index contributed by atoms with van der Waals surface area (Å²) in [4.78, 5) is 13.5. The molecule has 2 heterocycles. The molecular formula is C14H13BrCl2N4. The van der Waals surface area contributed by atoms with Crippen molar-refractivity contribution in [3.05, 3.63) is 32.5 Å². The van der Waals surface area contributed by atoms with E-state index in [0.29, 0.717) is 27.5 Å². The maximum absolute atomic E-state index is 6.22. The van der Waals surface area contributed by atoms with Crippen LogP contribution < -0.4 is 5.32 Å². The van der Waals surface area contributed by atoms with Crippen LogP contribution in [0.3, 0.4) is 0 Å². The van der Waals surface area contributed by atoms with E-state index >= 15 is 0 Å². The van der Waals surface area contributed by atoms with Crippen molar-refractivity contribution < 1.29 is 0 Å². The molecular weight excluding hydrogens is 375 g/mol. The molecule has 0 amide bonds. The minimum absolute atomic E-state index is 0.453. The first-order chi connectivity index (χ1) is 10.1. The standard InChI is InChI=1S/C14H13BrCl2N4/c1-2-18-13-10(15)11(7-3-4-7)20-14(21-13)12-9(17)5-8(16)6-19-12/h5-7H,2-4H2,1H3,(H,18,20,21). The average molecular weight is 388 g/mol. The largest absolute Gasteiger partial charge is 0.369 e. The van der Waals surface area contributed by atoms with Crippen molar-refractivity contribution in [3.8, 4) is 11.5 Å².